The van der Waals surface area contributed by atoms with Crippen LogP contribution in [0.15, 0.2) is 12.3 Å². The number of nitro groups is 1. The maximum atomic E-state index is 11.6. The topological polar surface area (TPSA) is 85.2 Å². The zero-order valence-electron chi connectivity index (χ0n) is 12.6. The monoisotopic (exact) mass is 296 g/mol. The van der Waals surface area contributed by atoms with Gasteiger partial charge in [0.05, 0.1) is 17.7 Å². The fourth-order valence-corrected chi connectivity index (χ4v) is 2.08. The van der Waals surface area contributed by atoms with E-state index in [1.165, 1.54) is 44.4 Å². The molecule has 118 valence electrons. The van der Waals surface area contributed by atoms with Crippen molar-refractivity contribution in [3.05, 3.63) is 28.1 Å². The maximum Gasteiger partial charge on any atom is 0.354 e. The molecule has 0 aromatic carbocycles. The second kappa shape index (κ2) is 9.96. The molecule has 0 amide bonds. The van der Waals surface area contributed by atoms with Crippen molar-refractivity contribution in [1.82, 2.24) is 4.98 Å². The quantitative estimate of drug-likeness (QED) is 0.287. The first-order valence-corrected chi connectivity index (χ1v) is 7.65. The van der Waals surface area contributed by atoms with Crippen molar-refractivity contribution in [1.29, 1.82) is 0 Å². The number of H-pyrrole nitrogens is 1. The van der Waals surface area contributed by atoms with Crippen molar-refractivity contribution in [2.75, 3.05) is 6.61 Å². The number of rotatable bonds is 11. The Morgan fingerprint density at radius 3 is 2.38 bits per heavy atom. The second-order valence-corrected chi connectivity index (χ2v) is 5.14. The Morgan fingerprint density at radius 2 is 1.81 bits per heavy atom. The van der Waals surface area contributed by atoms with E-state index in [9.17, 15) is 14.9 Å². The van der Waals surface area contributed by atoms with Crippen LogP contribution in [0.2, 0.25) is 0 Å². The van der Waals surface area contributed by atoms with Crippen molar-refractivity contribution >= 4 is 11.7 Å². The van der Waals surface area contributed by atoms with Crippen LogP contribution < -0.4 is 0 Å². The van der Waals surface area contributed by atoms with E-state index >= 15 is 0 Å². The van der Waals surface area contributed by atoms with Gasteiger partial charge in [-0.05, 0) is 6.42 Å². The van der Waals surface area contributed by atoms with Crippen LogP contribution in [0.3, 0.4) is 0 Å². The van der Waals surface area contributed by atoms with Crippen LogP contribution in [0.5, 0.6) is 0 Å². The van der Waals surface area contributed by atoms with E-state index in [0.29, 0.717) is 6.61 Å². The first-order valence-electron chi connectivity index (χ1n) is 7.65. The summed E-state index contributed by atoms with van der Waals surface area (Å²) in [6.07, 6.45) is 10.6. The van der Waals surface area contributed by atoms with Crippen LogP contribution in [0.25, 0.3) is 0 Å². The van der Waals surface area contributed by atoms with Gasteiger partial charge in [-0.25, -0.2) is 4.79 Å². The molecule has 0 saturated heterocycles. The Kier molecular flexibility index (Phi) is 8.16. The molecule has 0 fully saturated rings. The number of nitrogens with zero attached hydrogens (tertiary/aromatic N) is 1. The van der Waals surface area contributed by atoms with Gasteiger partial charge in [0.25, 0.3) is 5.69 Å². The number of unbranched alkanes of at least 4 members (excludes halogenated alkanes) is 7. The molecule has 1 heterocycles. The van der Waals surface area contributed by atoms with Crippen molar-refractivity contribution in [3.8, 4) is 0 Å². The van der Waals surface area contributed by atoms with Crippen molar-refractivity contribution in [2.24, 2.45) is 0 Å². The highest BCUT2D eigenvalue weighted by atomic mass is 16.6. The minimum atomic E-state index is -0.550. The third kappa shape index (κ3) is 6.92. The molecule has 6 nitrogen and oxygen atoms in total. The lowest BCUT2D eigenvalue weighted by molar-refractivity contribution is -0.384. The number of hydrogen-bond acceptors (Lipinski definition) is 4. The summed E-state index contributed by atoms with van der Waals surface area (Å²) in [4.78, 5) is 24.1. The molecule has 1 aromatic rings. The summed E-state index contributed by atoms with van der Waals surface area (Å²) in [6, 6.07) is 1.19. The largest absolute Gasteiger partial charge is 0.461 e. The number of ether oxygens (including phenoxy) is 1. The summed E-state index contributed by atoms with van der Waals surface area (Å²) in [5, 5.41) is 10.5. The van der Waals surface area contributed by atoms with Gasteiger partial charge in [-0.15, -0.1) is 0 Å². The summed E-state index contributed by atoms with van der Waals surface area (Å²) >= 11 is 0. The molecule has 21 heavy (non-hydrogen) atoms. The number of nitrogens with one attached hydrogen (secondary N) is 1. The highest BCUT2D eigenvalue weighted by Gasteiger charge is 2.15. The summed E-state index contributed by atoms with van der Waals surface area (Å²) in [6.45, 7) is 2.56. The van der Waals surface area contributed by atoms with Gasteiger partial charge in [0.15, 0.2) is 0 Å². The van der Waals surface area contributed by atoms with Gasteiger partial charge in [-0.2, -0.15) is 0 Å². The average Bonchev–Trinajstić information content (AvgIpc) is 2.95. The lowest BCUT2D eigenvalue weighted by atomic mass is 10.1. The van der Waals surface area contributed by atoms with Crippen LogP contribution >= 0.6 is 0 Å². The molecular formula is C15H24N2O4. The summed E-state index contributed by atoms with van der Waals surface area (Å²) in [5.41, 5.74) is -0.00436. The molecule has 6 heteroatoms. The lowest BCUT2D eigenvalue weighted by Crippen LogP contribution is -2.06. The number of esters is 1. The van der Waals surface area contributed by atoms with E-state index in [0.717, 1.165) is 19.3 Å². The molecule has 0 radical (unpaired) electrons. The van der Waals surface area contributed by atoms with Crippen LogP contribution in [0, 0.1) is 10.1 Å². The molecule has 0 saturated carbocycles. The first-order chi connectivity index (χ1) is 10.1. The molecule has 1 N–H and O–H groups in total. The third-order valence-electron chi connectivity index (χ3n) is 3.33. The zero-order valence-corrected chi connectivity index (χ0v) is 12.6. The van der Waals surface area contributed by atoms with Gasteiger partial charge in [0, 0.05) is 6.07 Å². The van der Waals surface area contributed by atoms with E-state index in [1.807, 2.05) is 0 Å². The number of hydrogen-bond donors (Lipinski definition) is 1. The van der Waals surface area contributed by atoms with Crippen LogP contribution in [-0.2, 0) is 4.74 Å². The minimum Gasteiger partial charge on any atom is -0.461 e. The number of carbonyl (C=O) groups excluding carboxylic acids is 1. The summed E-state index contributed by atoms with van der Waals surface area (Å²) in [5.74, 6) is -0.536. The molecule has 0 aliphatic carbocycles. The van der Waals surface area contributed by atoms with E-state index in [2.05, 4.69) is 11.9 Å². The van der Waals surface area contributed by atoms with Gasteiger partial charge in [-0.1, -0.05) is 51.9 Å². The SMILES string of the molecule is CCCCCCCCCCOC(=O)c1cc([N+](=O)[O-])c[nH]1. The predicted molar refractivity (Wildman–Crippen MR) is 80.3 cm³/mol. The van der Waals surface area contributed by atoms with Gasteiger partial charge in [0.1, 0.15) is 5.69 Å². The van der Waals surface area contributed by atoms with Gasteiger partial charge < -0.3 is 9.72 Å². The number of carbonyl (C=O) groups is 1. The van der Waals surface area contributed by atoms with Gasteiger partial charge in [0.2, 0.25) is 0 Å². The summed E-state index contributed by atoms with van der Waals surface area (Å²) < 4.78 is 5.07. The molecule has 0 unspecified atom stereocenters. The Morgan fingerprint density at radius 1 is 1.19 bits per heavy atom. The van der Waals surface area contributed by atoms with Crippen molar-refractivity contribution < 1.29 is 14.5 Å². The second-order valence-electron chi connectivity index (χ2n) is 5.14. The number of aromatic nitrogens is 1. The van der Waals surface area contributed by atoms with Gasteiger partial charge >= 0.3 is 5.97 Å². The Balaban J connectivity index is 2.06. The molecule has 1 aromatic heterocycles. The Labute approximate surface area is 125 Å². The van der Waals surface area contributed by atoms with Crippen molar-refractivity contribution in [2.45, 2.75) is 58.3 Å². The lowest BCUT2D eigenvalue weighted by Gasteiger charge is -2.03. The third-order valence-corrected chi connectivity index (χ3v) is 3.33. The average molecular weight is 296 g/mol. The molecule has 0 bridgehead atoms. The molecule has 0 atom stereocenters. The van der Waals surface area contributed by atoms with E-state index in [4.69, 9.17) is 4.74 Å². The first kappa shape index (κ1) is 17.2. The Hall–Kier alpha value is -1.85. The van der Waals surface area contributed by atoms with E-state index in [-0.39, 0.29) is 11.4 Å². The molecule has 0 aliphatic heterocycles. The van der Waals surface area contributed by atoms with E-state index < -0.39 is 10.9 Å². The highest BCUT2D eigenvalue weighted by molar-refractivity contribution is 5.88. The van der Waals surface area contributed by atoms with Crippen LogP contribution in [-0.4, -0.2) is 22.5 Å². The van der Waals surface area contributed by atoms with Crippen molar-refractivity contribution in [3.63, 3.8) is 0 Å². The normalized spacial score (nSPS) is 10.5. The van der Waals surface area contributed by atoms with Crippen LogP contribution in [0.4, 0.5) is 5.69 Å². The molecule has 1 rings (SSSR count). The maximum absolute atomic E-state index is 11.6. The number of aromatic amines is 1. The fraction of sp³-hybridized carbons (Fsp3) is 0.667. The molecule has 0 aliphatic rings. The summed E-state index contributed by atoms with van der Waals surface area (Å²) in [7, 11) is 0. The molecule has 0 spiro atoms. The smallest absolute Gasteiger partial charge is 0.354 e. The van der Waals surface area contributed by atoms with Crippen LogP contribution in [0.1, 0.15) is 68.8 Å². The zero-order chi connectivity index (χ0) is 15.5. The molecular weight excluding hydrogens is 272 g/mol. The fourth-order valence-electron chi connectivity index (χ4n) is 2.08. The Bertz CT molecular complexity index is 443. The highest BCUT2D eigenvalue weighted by Crippen LogP contribution is 2.13. The minimum absolute atomic E-state index is 0.126. The van der Waals surface area contributed by atoms with E-state index in [1.54, 1.807) is 0 Å². The predicted octanol–water partition coefficient (Wildman–Crippen LogP) is 4.22. The standard InChI is InChI=1S/C15H24N2O4/c1-2-3-4-5-6-7-8-9-10-21-15(18)14-11-13(12-16-14)17(19)20/h11-12,16H,2-10H2,1H3. The van der Waals surface area contributed by atoms with Gasteiger partial charge in [-0.3, -0.25) is 10.1 Å².